The van der Waals surface area contributed by atoms with Crippen LogP contribution in [0.15, 0.2) is 57.7 Å². The van der Waals surface area contributed by atoms with Crippen molar-refractivity contribution in [3.63, 3.8) is 0 Å². The Bertz CT molecular complexity index is 1040. The van der Waals surface area contributed by atoms with Crippen molar-refractivity contribution in [2.24, 2.45) is 0 Å². The summed E-state index contributed by atoms with van der Waals surface area (Å²) in [5, 5.41) is 0. The predicted octanol–water partition coefficient (Wildman–Crippen LogP) is 2.84. The fourth-order valence-electron chi connectivity index (χ4n) is 2.94. The van der Waals surface area contributed by atoms with Crippen LogP contribution in [0, 0.1) is 6.92 Å². The van der Waals surface area contributed by atoms with Crippen molar-refractivity contribution in [1.29, 1.82) is 0 Å². The Balaban J connectivity index is 1.90. The van der Waals surface area contributed by atoms with Crippen LogP contribution in [0.25, 0.3) is 11.3 Å². The fraction of sp³-hybridized carbons (Fsp3) is 0.105. The Morgan fingerprint density at radius 2 is 1.54 bits per heavy atom. The molecule has 0 radical (unpaired) electrons. The summed E-state index contributed by atoms with van der Waals surface area (Å²) in [7, 11) is 0. The van der Waals surface area contributed by atoms with Crippen molar-refractivity contribution < 1.29 is 14.0 Å². The smallest absolute Gasteiger partial charge is 0.407 e. The predicted molar refractivity (Wildman–Crippen MR) is 87.3 cm³/mol. The van der Waals surface area contributed by atoms with Crippen LogP contribution >= 0.6 is 0 Å². The van der Waals surface area contributed by atoms with Gasteiger partial charge in [-0.1, -0.05) is 54.1 Å². The molecule has 0 aliphatic heterocycles. The van der Waals surface area contributed by atoms with Gasteiger partial charge >= 0.3 is 5.76 Å². The molecule has 0 unspecified atom stereocenters. The number of aryl methyl sites for hydroxylation is 1. The van der Waals surface area contributed by atoms with Crippen molar-refractivity contribution in [2.45, 2.75) is 13.5 Å². The van der Waals surface area contributed by atoms with E-state index in [4.69, 9.17) is 4.42 Å². The third kappa shape index (κ3) is 2.06. The van der Waals surface area contributed by atoms with Gasteiger partial charge in [0.05, 0.1) is 6.54 Å². The number of oxazole rings is 1. The highest BCUT2D eigenvalue weighted by molar-refractivity contribution is 6.52. The number of carbonyl (C=O) groups is 2. The molecule has 1 aromatic heterocycles. The molecule has 1 aliphatic rings. The first-order chi connectivity index (χ1) is 11.6. The molecule has 5 heteroatoms. The lowest BCUT2D eigenvalue weighted by molar-refractivity contribution is 0.0809. The topological polar surface area (TPSA) is 69.3 Å². The number of aromatic nitrogens is 1. The third-order valence-electron chi connectivity index (χ3n) is 4.19. The maximum Gasteiger partial charge on any atom is 0.420 e. The molecule has 24 heavy (non-hydrogen) atoms. The molecule has 0 saturated heterocycles. The fourth-order valence-corrected chi connectivity index (χ4v) is 2.94. The van der Waals surface area contributed by atoms with Gasteiger partial charge in [-0.3, -0.25) is 14.2 Å². The van der Waals surface area contributed by atoms with E-state index >= 15 is 0 Å². The molecule has 4 rings (SSSR count). The molecular weight excluding hydrogens is 306 g/mol. The summed E-state index contributed by atoms with van der Waals surface area (Å²) in [6.07, 6.45) is 0. The zero-order valence-electron chi connectivity index (χ0n) is 12.9. The quantitative estimate of drug-likeness (QED) is 0.681. The molecule has 0 atom stereocenters. The van der Waals surface area contributed by atoms with E-state index < -0.39 is 17.3 Å². The molecule has 1 aliphatic carbocycles. The number of hydrogen-bond acceptors (Lipinski definition) is 4. The number of hydrogen-bond donors (Lipinski definition) is 0. The number of rotatable bonds is 2. The van der Waals surface area contributed by atoms with Crippen LogP contribution in [-0.4, -0.2) is 16.1 Å². The van der Waals surface area contributed by atoms with Crippen LogP contribution < -0.4 is 5.76 Å². The van der Waals surface area contributed by atoms with Gasteiger partial charge in [-0.25, -0.2) is 4.79 Å². The van der Waals surface area contributed by atoms with Gasteiger partial charge in [-0.2, -0.15) is 0 Å². The van der Waals surface area contributed by atoms with Crippen LogP contribution in [0.1, 0.15) is 32.0 Å². The number of carbonyl (C=O) groups excluding carboxylic acids is 2. The van der Waals surface area contributed by atoms with E-state index in [0.29, 0.717) is 5.56 Å². The molecule has 0 bridgehead atoms. The molecule has 0 amide bonds. The third-order valence-corrected chi connectivity index (χ3v) is 4.19. The average Bonchev–Trinajstić information content (AvgIpc) is 2.92. The summed E-state index contributed by atoms with van der Waals surface area (Å²) in [5.74, 6) is -1.79. The maximum absolute atomic E-state index is 12.5. The largest absolute Gasteiger partial charge is 0.420 e. The summed E-state index contributed by atoms with van der Waals surface area (Å²) in [6.45, 7) is 2.15. The van der Waals surface area contributed by atoms with E-state index in [1.54, 1.807) is 24.3 Å². The minimum absolute atomic E-state index is 0.0317. The van der Waals surface area contributed by atoms with E-state index in [9.17, 15) is 14.4 Å². The number of nitrogens with zero attached hydrogens (tertiary/aromatic N) is 1. The Morgan fingerprint density at radius 1 is 0.875 bits per heavy atom. The highest BCUT2D eigenvalue weighted by Gasteiger charge is 2.36. The normalized spacial score (nSPS) is 12.9. The molecule has 0 spiro atoms. The minimum Gasteiger partial charge on any atom is -0.407 e. The average molecular weight is 319 g/mol. The van der Waals surface area contributed by atoms with Crippen molar-refractivity contribution in [2.75, 3.05) is 0 Å². The Morgan fingerprint density at radius 3 is 2.25 bits per heavy atom. The summed E-state index contributed by atoms with van der Waals surface area (Å²) in [5.41, 5.74) is 2.73. The summed E-state index contributed by atoms with van der Waals surface area (Å²) >= 11 is 0. The second-order valence-electron chi connectivity index (χ2n) is 5.82. The van der Waals surface area contributed by atoms with E-state index in [1.165, 1.54) is 4.57 Å². The van der Waals surface area contributed by atoms with Gasteiger partial charge in [0.15, 0.2) is 5.76 Å². The van der Waals surface area contributed by atoms with E-state index in [-0.39, 0.29) is 23.6 Å². The minimum atomic E-state index is -0.707. The zero-order valence-corrected chi connectivity index (χ0v) is 12.9. The van der Waals surface area contributed by atoms with Gasteiger partial charge in [-0.05, 0) is 12.5 Å². The summed E-state index contributed by atoms with van der Waals surface area (Å²) in [6, 6.07) is 14.3. The second kappa shape index (κ2) is 5.16. The monoisotopic (exact) mass is 319 g/mol. The van der Waals surface area contributed by atoms with E-state index in [2.05, 4.69) is 0 Å². The van der Waals surface area contributed by atoms with Crippen LogP contribution in [0.4, 0.5) is 0 Å². The van der Waals surface area contributed by atoms with Crippen molar-refractivity contribution in [3.8, 4) is 11.3 Å². The van der Waals surface area contributed by atoms with Crippen LogP contribution in [0.5, 0.6) is 0 Å². The molecule has 5 nitrogen and oxygen atoms in total. The molecule has 2 aromatic carbocycles. The van der Waals surface area contributed by atoms with Gasteiger partial charge in [0.2, 0.25) is 5.78 Å². The van der Waals surface area contributed by atoms with Crippen molar-refractivity contribution in [1.82, 2.24) is 4.57 Å². The summed E-state index contributed by atoms with van der Waals surface area (Å²) in [4.78, 5) is 37.1. The van der Waals surface area contributed by atoms with Gasteiger partial charge in [-0.15, -0.1) is 0 Å². The molecule has 1 heterocycles. The first-order valence-corrected chi connectivity index (χ1v) is 7.54. The molecule has 0 N–H and O–H groups in total. The first kappa shape index (κ1) is 14.4. The second-order valence-corrected chi connectivity index (χ2v) is 5.82. The van der Waals surface area contributed by atoms with Crippen molar-refractivity contribution >= 4 is 11.6 Å². The van der Waals surface area contributed by atoms with E-state index in [1.807, 2.05) is 31.2 Å². The standard InChI is InChI=1S/C19H13NO4/c1-11-6-8-12(9-7-11)10-20-15-17(22)16(21)13-4-2-3-5-14(13)18(15)24-19(20)23/h2-9H,10H2,1H3. The lowest BCUT2D eigenvalue weighted by atomic mass is 9.91. The highest BCUT2D eigenvalue weighted by atomic mass is 16.4. The van der Waals surface area contributed by atoms with Gasteiger partial charge in [0, 0.05) is 11.1 Å². The zero-order chi connectivity index (χ0) is 16.8. The Labute approximate surface area is 137 Å². The highest BCUT2D eigenvalue weighted by Crippen LogP contribution is 2.32. The van der Waals surface area contributed by atoms with Crippen LogP contribution in [0.2, 0.25) is 0 Å². The maximum atomic E-state index is 12.5. The van der Waals surface area contributed by atoms with Crippen molar-refractivity contribution in [3.05, 3.63) is 81.5 Å². The first-order valence-electron chi connectivity index (χ1n) is 7.54. The molecular formula is C19H13NO4. The molecule has 0 fully saturated rings. The van der Waals surface area contributed by atoms with Gasteiger partial charge in [0.1, 0.15) is 5.69 Å². The SMILES string of the molecule is Cc1ccc(Cn2c3c(oc2=O)-c2ccccc2C(=O)C3=O)cc1. The number of benzene rings is 2. The molecule has 0 saturated carbocycles. The lowest BCUT2D eigenvalue weighted by Gasteiger charge is -2.14. The van der Waals surface area contributed by atoms with Crippen LogP contribution in [-0.2, 0) is 6.54 Å². The Hall–Kier alpha value is -3.21. The van der Waals surface area contributed by atoms with Gasteiger partial charge < -0.3 is 4.42 Å². The van der Waals surface area contributed by atoms with Gasteiger partial charge in [0.25, 0.3) is 5.78 Å². The Kier molecular flexibility index (Phi) is 3.09. The molecule has 118 valence electrons. The van der Waals surface area contributed by atoms with Crippen LogP contribution in [0.3, 0.4) is 0 Å². The number of Topliss-reactive ketones (excluding diaryl/α,β-unsaturated/α-hetero) is 2. The lowest BCUT2D eigenvalue weighted by Crippen LogP contribution is -2.27. The number of fused-ring (bicyclic) bond motifs is 3. The molecule has 3 aromatic rings. The summed E-state index contributed by atoms with van der Waals surface area (Å²) < 4.78 is 6.54. The number of ketones is 2. The van der Waals surface area contributed by atoms with E-state index in [0.717, 1.165) is 11.1 Å².